The van der Waals surface area contributed by atoms with E-state index in [1.54, 1.807) is 24.3 Å². The van der Waals surface area contributed by atoms with Gasteiger partial charge in [-0.2, -0.15) is 13.2 Å². The first-order valence-electron chi connectivity index (χ1n) is 6.87. The summed E-state index contributed by atoms with van der Waals surface area (Å²) in [5.74, 6) is 0. The Balaban J connectivity index is 2.73. The number of anilines is 1. The molecular formula is C15H23F3N2O. The summed E-state index contributed by atoms with van der Waals surface area (Å²) in [7, 11) is 0. The van der Waals surface area contributed by atoms with Crippen LogP contribution >= 0.6 is 0 Å². The zero-order valence-corrected chi connectivity index (χ0v) is 12.7. The Labute approximate surface area is 123 Å². The average molecular weight is 304 g/mol. The minimum atomic E-state index is -4.29. The highest BCUT2D eigenvalue weighted by Gasteiger charge is 2.30. The molecule has 0 bridgehead atoms. The maximum Gasteiger partial charge on any atom is 0.405 e. The number of nitrogens with zero attached hydrogens (tertiary/aromatic N) is 1. The van der Waals surface area contributed by atoms with Gasteiger partial charge in [0.05, 0.1) is 6.61 Å². The van der Waals surface area contributed by atoms with Gasteiger partial charge in [0, 0.05) is 24.3 Å². The molecule has 3 nitrogen and oxygen atoms in total. The van der Waals surface area contributed by atoms with Crippen LogP contribution in [0.2, 0.25) is 0 Å². The lowest BCUT2D eigenvalue weighted by molar-refractivity contribution is -0.119. The van der Waals surface area contributed by atoms with Crippen molar-refractivity contribution in [2.45, 2.75) is 39.0 Å². The van der Waals surface area contributed by atoms with Crippen LogP contribution in [-0.2, 0) is 6.54 Å². The number of nitrogens with one attached hydrogen (secondary N) is 1. The lowest BCUT2D eigenvalue weighted by Gasteiger charge is -2.25. The summed E-state index contributed by atoms with van der Waals surface area (Å²) in [6.45, 7) is 5.38. The fraction of sp³-hybridized carbons (Fsp3) is 0.600. The topological polar surface area (TPSA) is 35.5 Å². The van der Waals surface area contributed by atoms with Crippen LogP contribution in [0.1, 0.15) is 26.3 Å². The van der Waals surface area contributed by atoms with E-state index in [1.807, 2.05) is 20.8 Å². The highest BCUT2D eigenvalue weighted by Crippen LogP contribution is 2.22. The van der Waals surface area contributed by atoms with Crippen LogP contribution in [-0.4, -0.2) is 36.5 Å². The summed E-state index contributed by atoms with van der Waals surface area (Å²) in [6.07, 6.45) is -4.29. The van der Waals surface area contributed by atoms with Crippen LogP contribution in [0.15, 0.2) is 24.3 Å². The largest absolute Gasteiger partial charge is 0.405 e. The van der Waals surface area contributed by atoms with Gasteiger partial charge in [-0.15, -0.1) is 0 Å². The SMILES string of the molecule is CC(C)(C)NCc1ccc(N(CCO)CC(F)(F)F)cc1. The van der Waals surface area contributed by atoms with E-state index in [1.165, 1.54) is 0 Å². The van der Waals surface area contributed by atoms with E-state index in [0.717, 1.165) is 10.5 Å². The number of hydrogen-bond donors (Lipinski definition) is 2. The zero-order chi connectivity index (χ0) is 16.1. The van der Waals surface area contributed by atoms with E-state index in [-0.39, 0.29) is 18.7 Å². The van der Waals surface area contributed by atoms with E-state index >= 15 is 0 Å². The minimum absolute atomic E-state index is 0.0160. The van der Waals surface area contributed by atoms with Crippen molar-refractivity contribution in [2.75, 3.05) is 24.6 Å². The van der Waals surface area contributed by atoms with Crippen LogP contribution in [0.4, 0.5) is 18.9 Å². The van der Waals surface area contributed by atoms with E-state index in [0.29, 0.717) is 12.2 Å². The lowest BCUT2D eigenvalue weighted by Crippen LogP contribution is -2.36. The molecule has 0 aromatic heterocycles. The quantitative estimate of drug-likeness (QED) is 0.848. The van der Waals surface area contributed by atoms with E-state index in [4.69, 9.17) is 5.11 Å². The third kappa shape index (κ3) is 7.34. The second-order valence-corrected chi connectivity index (χ2v) is 6.03. The Morgan fingerprint density at radius 3 is 2.10 bits per heavy atom. The first-order chi connectivity index (χ1) is 9.61. The number of hydrogen-bond acceptors (Lipinski definition) is 3. The monoisotopic (exact) mass is 304 g/mol. The molecular weight excluding hydrogens is 281 g/mol. The van der Waals surface area contributed by atoms with Crippen molar-refractivity contribution in [3.8, 4) is 0 Å². The summed E-state index contributed by atoms with van der Waals surface area (Å²) >= 11 is 0. The molecule has 1 rings (SSSR count). The standard InChI is InChI=1S/C15H23F3N2O/c1-14(2,3)19-10-12-4-6-13(7-5-12)20(8-9-21)11-15(16,17)18/h4-7,19,21H,8-11H2,1-3H3. The van der Waals surface area contributed by atoms with Crippen LogP contribution in [0.25, 0.3) is 0 Å². The van der Waals surface area contributed by atoms with E-state index < -0.39 is 12.7 Å². The smallest absolute Gasteiger partial charge is 0.395 e. The number of alkyl halides is 3. The van der Waals surface area contributed by atoms with Crippen LogP contribution in [0, 0.1) is 0 Å². The number of halogens is 3. The number of benzene rings is 1. The maximum absolute atomic E-state index is 12.5. The molecule has 0 atom stereocenters. The molecule has 0 unspecified atom stereocenters. The summed E-state index contributed by atoms with van der Waals surface area (Å²) < 4.78 is 37.5. The Hall–Kier alpha value is -1.27. The van der Waals surface area contributed by atoms with Crippen molar-refractivity contribution >= 4 is 5.69 Å². The minimum Gasteiger partial charge on any atom is -0.395 e. The summed E-state index contributed by atoms with van der Waals surface area (Å²) in [4.78, 5) is 1.13. The van der Waals surface area contributed by atoms with Gasteiger partial charge in [0.15, 0.2) is 0 Å². The summed E-state index contributed by atoms with van der Waals surface area (Å²) in [5.41, 5.74) is 1.45. The molecule has 21 heavy (non-hydrogen) atoms. The molecule has 0 amide bonds. The van der Waals surface area contributed by atoms with Gasteiger partial charge in [0.25, 0.3) is 0 Å². The van der Waals surface area contributed by atoms with E-state index in [9.17, 15) is 13.2 Å². The zero-order valence-electron chi connectivity index (χ0n) is 12.7. The summed E-state index contributed by atoms with van der Waals surface area (Å²) in [6, 6.07) is 6.91. The van der Waals surface area contributed by atoms with E-state index in [2.05, 4.69) is 5.32 Å². The molecule has 2 N–H and O–H groups in total. The first-order valence-corrected chi connectivity index (χ1v) is 6.87. The molecule has 0 aliphatic carbocycles. The average Bonchev–Trinajstić information content (AvgIpc) is 2.34. The first kappa shape index (κ1) is 17.8. The van der Waals surface area contributed by atoms with Crippen LogP contribution in [0.5, 0.6) is 0 Å². The molecule has 0 aliphatic heterocycles. The molecule has 0 fully saturated rings. The van der Waals surface area contributed by atoms with Crippen molar-refractivity contribution in [3.63, 3.8) is 0 Å². The fourth-order valence-corrected chi connectivity index (χ4v) is 1.83. The number of rotatable bonds is 6. The van der Waals surface area contributed by atoms with Gasteiger partial charge in [0.2, 0.25) is 0 Å². The molecule has 1 aromatic rings. The van der Waals surface area contributed by atoms with Crippen molar-refractivity contribution in [1.29, 1.82) is 0 Å². The molecule has 0 radical (unpaired) electrons. The normalized spacial score (nSPS) is 12.5. The maximum atomic E-state index is 12.5. The second kappa shape index (κ2) is 7.13. The predicted molar refractivity (Wildman–Crippen MR) is 78.4 cm³/mol. The van der Waals surface area contributed by atoms with Gasteiger partial charge in [-0.05, 0) is 38.5 Å². The molecule has 0 saturated carbocycles. The van der Waals surface area contributed by atoms with Gasteiger partial charge < -0.3 is 15.3 Å². The number of aliphatic hydroxyl groups excluding tert-OH is 1. The van der Waals surface area contributed by atoms with Gasteiger partial charge in [-0.3, -0.25) is 0 Å². The number of aliphatic hydroxyl groups is 1. The highest BCUT2D eigenvalue weighted by atomic mass is 19.4. The van der Waals surface area contributed by atoms with Crippen molar-refractivity contribution in [2.24, 2.45) is 0 Å². The van der Waals surface area contributed by atoms with Crippen molar-refractivity contribution in [3.05, 3.63) is 29.8 Å². The van der Waals surface area contributed by atoms with Crippen molar-refractivity contribution in [1.82, 2.24) is 5.32 Å². The molecule has 0 saturated heterocycles. The molecule has 0 heterocycles. The summed E-state index contributed by atoms with van der Waals surface area (Å²) in [5, 5.41) is 12.2. The highest BCUT2D eigenvalue weighted by molar-refractivity contribution is 5.47. The molecule has 6 heteroatoms. The van der Waals surface area contributed by atoms with Crippen LogP contribution in [0.3, 0.4) is 0 Å². The third-order valence-corrected chi connectivity index (χ3v) is 2.86. The Bertz CT molecular complexity index is 424. The molecule has 1 aromatic carbocycles. The molecule has 0 aliphatic rings. The van der Waals surface area contributed by atoms with Gasteiger partial charge in [-0.1, -0.05) is 12.1 Å². The molecule has 120 valence electrons. The fourth-order valence-electron chi connectivity index (χ4n) is 1.83. The lowest BCUT2D eigenvalue weighted by atomic mass is 10.1. The second-order valence-electron chi connectivity index (χ2n) is 6.03. The predicted octanol–water partition coefficient (Wildman–Crippen LogP) is 2.94. The van der Waals surface area contributed by atoms with Gasteiger partial charge >= 0.3 is 6.18 Å². The van der Waals surface area contributed by atoms with Crippen LogP contribution < -0.4 is 10.2 Å². The third-order valence-electron chi connectivity index (χ3n) is 2.86. The van der Waals surface area contributed by atoms with Gasteiger partial charge in [0.1, 0.15) is 6.54 Å². The molecule has 0 spiro atoms. The Morgan fingerprint density at radius 1 is 1.10 bits per heavy atom. The Morgan fingerprint density at radius 2 is 1.67 bits per heavy atom. The van der Waals surface area contributed by atoms with Gasteiger partial charge in [-0.25, -0.2) is 0 Å². The Kier molecular flexibility index (Phi) is 6.04. The van der Waals surface area contributed by atoms with Crippen molar-refractivity contribution < 1.29 is 18.3 Å².